The maximum Gasteiger partial charge on any atom is 1.00 e. The average Bonchev–Trinajstić information content (AvgIpc) is 3.60. The van der Waals surface area contributed by atoms with E-state index in [1.165, 1.54) is 11.1 Å². The third-order valence-electron chi connectivity index (χ3n) is 6.91. The molecule has 0 bridgehead atoms. The number of hydrogen-bond donors (Lipinski definition) is 2. The first-order valence-electron chi connectivity index (χ1n) is 13.6. The molecule has 2 aromatic rings. The molecule has 0 radical (unpaired) electrons. The third kappa shape index (κ3) is 9.18. The first-order chi connectivity index (χ1) is 18.5. The van der Waals surface area contributed by atoms with Crippen LogP contribution in [0.2, 0.25) is 0 Å². The summed E-state index contributed by atoms with van der Waals surface area (Å²) in [7, 11) is 1.97. The molecule has 2 unspecified atom stereocenters. The van der Waals surface area contributed by atoms with Crippen LogP contribution in [0.4, 0.5) is 0 Å². The summed E-state index contributed by atoms with van der Waals surface area (Å²) in [6.07, 6.45) is 19.5. The van der Waals surface area contributed by atoms with Crippen molar-refractivity contribution >= 4 is 11.8 Å². The van der Waals surface area contributed by atoms with Gasteiger partial charge in [0.05, 0.1) is 23.5 Å². The van der Waals surface area contributed by atoms with E-state index in [2.05, 4.69) is 97.2 Å². The van der Waals surface area contributed by atoms with Gasteiger partial charge in [-0.05, 0) is 57.5 Å². The number of nitrogens with one attached hydrogen (secondary N) is 2. The van der Waals surface area contributed by atoms with Crippen molar-refractivity contribution in [3.63, 3.8) is 0 Å². The molecule has 2 heterocycles. The summed E-state index contributed by atoms with van der Waals surface area (Å²) >= 11 is 0. The summed E-state index contributed by atoms with van der Waals surface area (Å²) in [5.74, 6) is 0. The van der Waals surface area contributed by atoms with Gasteiger partial charge in [0.25, 0.3) is 0 Å². The molecule has 1 saturated heterocycles. The molecule has 0 saturated carbocycles. The summed E-state index contributed by atoms with van der Waals surface area (Å²) < 4.78 is 2.03. The fourth-order valence-electron chi connectivity index (χ4n) is 4.77. The topological polar surface area (TPSA) is 45.1 Å². The zero-order chi connectivity index (χ0) is 27.3. The fraction of sp³-hybridized carbons (Fsp3) is 0.333. The number of aryl methyl sites for hydroxylation is 1. The van der Waals surface area contributed by atoms with E-state index < -0.39 is 0 Å². The summed E-state index contributed by atoms with van der Waals surface area (Å²) in [4.78, 5) is 2.35. The van der Waals surface area contributed by atoms with Gasteiger partial charge < -0.3 is 15.5 Å². The Kier molecular flexibility index (Phi) is 14.2. The van der Waals surface area contributed by atoms with Gasteiger partial charge in [0.1, 0.15) is 5.69 Å². The first kappa shape index (κ1) is 32.5. The van der Waals surface area contributed by atoms with Crippen LogP contribution in [0.15, 0.2) is 92.2 Å². The summed E-state index contributed by atoms with van der Waals surface area (Å²) in [6.45, 7) is 19.8. The second kappa shape index (κ2) is 17.1. The smallest absolute Gasteiger partial charge is 0.377 e. The third-order valence-corrected chi connectivity index (χ3v) is 6.91. The van der Waals surface area contributed by atoms with Gasteiger partial charge in [-0.25, -0.2) is 0 Å². The molecule has 1 aliphatic heterocycles. The Bertz CT molecular complexity index is 1160. The molecular formula is C33H44N5Na. The van der Waals surface area contributed by atoms with Crippen molar-refractivity contribution in [1.29, 1.82) is 0 Å². The quantitative estimate of drug-likeness (QED) is 0.159. The van der Waals surface area contributed by atoms with Gasteiger partial charge in [0.2, 0.25) is 0 Å². The minimum Gasteiger partial charge on any atom is -0.377 e. The minimum atomic E-state index is 0. The molecule has 5 nitrogen and oxygen atoms in total. The molecule has 39 heavy (non-hydrogen) atoms. The van der Waals surface area contributed by atoms with Gasteiger partial charge in [-0.3, -0.25) is 4.68 Å². The van der Waals surface area contributed by atoms with E-state index in [9.17, 15) is 0 Å². The molecule has 202 valence electrons. The molecule has 2 atom stereocenters. The van der Waals surface area contributed by atoms with Crippen LogP contribution in [0.5, 0.6) is 0 Å². The van der Waals surface area contributed by atoms with E-state index >= 15 is 0 Å². The number of nitrogens with zero attached hydrogens (tertiary/aromatic N) is 3. The van der Waals surface area contributed by atoms with Crippen LogP contribution in [0.1, 0.15) is 61.7 Å². The number of benzene rings is 1. The van der Waals surface area contributed by atoms with Crippen LogP contribution >= 0.6 is 0 Å². The molecule has 2 N–H and O–H groups in total. The van der Waals surface area contributed by atoms with Gasteiger partial charge in [-0.15, -0.1) is 12.1 Å². The summed E-state index contributed by atoms with van der Waals surface area (Å²) in [5, 5.41) is 11.8. The van der Waals surface area contributed by atoms with Gasteiger partial charge in [0.15, 0.2) is 0 Å². The van der Waals surface area contributed by atoms with E-state index in [4.69, 9.17) is 5.10 Å². The zero-order valence-electron chi connectivity index (χ0n) is 24.4. The monoisotopic (exact) mass is 533 g/mol. The van der Waals surface area contributed by atoms with Gasteiger partial charge >= 0.3 is 29.6 Å². The van der Waals surface area contributed by atoms with Crippen LogP contribution in [0, 0.1) is 6.42 Å². The predicted octanol–water partition coefficient (Wildman–Crippen LogP) is 3.68. The molecule has 1 aliphatic rings. The summed E-state index contributed by atoms with van der Waals surface area (Å²) in [5.41, 5.74) is 6.28. The Morgan fingerprint density at radius 3 is 2.59 bits per heavy atom. The van der Waals surface area contributed by atoms with Crippen LogP contribution in [0.25, 0.3) is 11.8 Å². The Morgan fingerprint density at radius 1 is 1.18 bits per heavy atom. The maximum absolute atomic E-state index is 4.88. The van der Waals surface area contributed by atoms with Gasteiger partial charge in [0, 0.05) is 18.8 Å². The van der Waals surface area contributed by atoms with Gasteiger partial charge in [-0.2, -0.15) is 29.2 Å². The van der Waals surface area contributed by atoms with Crippen LogP contribution < -0.4 is 40.2 Å². The second-order valence-electron chi connectivity index (χ2n) is 9.54. The van der Waals surface area contributed by atoms with Crippen molar-refractivity contribution in [2.45, 2.75) is 51.7 Å². The Morgan fingerprint density at radius 2 is 1.92 bits per heavy atom. The molecule has 0 aliphatic carbocycles. The van der Waals surface area contributed by atoms with Crippen molar-refractivity contribution < 1.29 is 29.6 Å². The first-order valence-corrected chi connectivity index (χ1v) is 13.6. The number of aromatic nitrogens is 2. The van der Waals surface area contributed by atoms with Crippen molar-refractivity contribution in [1.82, 2.24) is 25.3 Å². The Labute approximate surface area is 258 Å². The maximum atomic E-state index is 4.88. The van der Waals surface area contributed by atoms with E-state index in [1.54, 1.807) is 0 Å². The van der Waals surface area contributed by atoms with Crippen LogP contribution in [-0.2, 0) is 6.54 Å². The zero-order valence-corrected chi connectivity index (χ0v) is 26.4. The molecular weight excluding hydrogens is 489 g/mol. The van der Waals surface area contributed by atoms with Crippen LogP contribution in [-0.4, -0.2) is 40.9 Å². The van der Waals surface area contributed by atoms with E-state index in [-0.39, 0.29) is 41.6 Å². The molecule has 1 aromatic heterocycles. The van der Waals surface area contributed by atoms with Crippen molar-refractivity contribution in [2.24, 2.45) is 0 Å². The van der Waals surface area contributed by atoms with E-state index in [0.29, 0.717) is 0 Å². The molecule has 1 aromatic carbocycles. The van der Waals surface area contributed by atoms with Crippen molar-refractivity contribution in [2.75, 3.05) is 20.1 Å². The SMILES string of the molecule is C=Cc1cc(C(=C)N2CCCC2C(=C)NC(/C=C/C=C\C=C/C)c2ccc([CH-]C)cc2)nn1CCCNC.[Na+]. The van der Waals surface area contributed by atoms with E-state index in [1.807, 2.05) is 43.0 Å². The minimum absolute atomic E-state index is 0. The Hall–Kier alpha value is -2.70. The fourth-order valence-corrected chi connectivity index (χ4v) is 4.77. The molecule has 6 heteroatoms. The standard InChI is InChI=1S/C33H44N5.Na/c1-7-10-11-12-13-16-31(29-20-18-28(8-2)19-21-29)35-26(4)33-17-14-23-37(33)27(5)32-25-30(9-3)38(36-32)24-15-22-34-6;/h7-13,16,18-21,25,31,33-35H,3-5,14-15,17,22-24H2,1-2,6H3;/q-1;+1/b10-7-,12-11-,16-13+;. The summed E-state index contributed by atoms with van der Waals surface area (Å²) in [6, 6.07) is 10.9. The largest absolute Gasteiger partial charge is 1.00 e. The normalized spacial score (nSPS) is 16.1. The number of allylic oxidation sites excluding steroid dienone is 5. The number of hydrogen-bond acceptors (Lipinski definition) is 4. The number of rotatable bonds is 15. The van der Waals surface area contributed by atoms with Gasteiger partial charge in [-0.1, -0.05) is 63.1 Å². The molecule has 3 rings (SSSR count). The Balaban J connectivity index is 0.00000533. The second-order valence-corrected chi connectivity index (χ2v) is 9.54. The average molecular weight is 534 g/mol. The molecule has 0 spiro atoms. The molecule has 1 fully saturated rings. The van der Waals surface area contributed by atoms with E-state index in [0.717, 1.165) is 61.7 Å². The van der Waals surface area contributed by atoms with Crippen LogP contribution in [0.3, 0.4) is 0 Å². The number of likely N-dealkylation sites (tertiary alicyclic amines) is 1. The van der Waals surface area contributed by atoms with Crippen molar-refractivity contribution in [3.05, 3.63) is 121 Å². The van der Waals surface area contributed by atoms with Crippen molar-refractivity contribution in [3.8, 4) is 0 Å². The molecule has 0 amide bonds. The predicted molar refractivity (Wildman–Crippen MR) is 163 cm³/mol.